The van der Waals surface area contributed by atoms with Crippen molar-refractivity contribution in [1.82, 2.24) is 0 Å². The molecule has 0 heterocycles. The van der Waals surface area contributed by atoms with Crippen LogP contribution >= 0.6 is 0 Å². The summed E-state index contributed by atoms with van der Waals surface area (Å²) >= 11 is 0. The van der Waals surface area contributed by atoms with Gasteiger partial charge in [-0.2, -0.15) is 5.26 Å². The van der Waals surface area contributed by atoms with Crippen LogP contribution in [-0.4, -0.2) is 18.8 Å². The van der Waals surface area contributed by atoms with E-state index in [1.54, 1.807) is 0 Å². The number of nitrogens with one attached hydrogen (secondary N) is 1. The smallest absolute Gasteiger partial charge is 0.0992 e. The molecular formula is C16H22N2O. The Hall–Kier alpha value is -1.53. The van der Waals surface area contributed by atoms with E-state index in [-0.39, 0.29) is 5.41 Å². The minimum atomic E-state index is 0.130. The maximum atomic E-state index is 8.98. The van der Waals surface area contributed by atoms with Crippen LogP contribution in [0, 0.1) is 23.7 Å². The van der Waals surface area contributed by atoms with Gasteiger partial charge in [0, 0.05) is 23.8 Å². The highest BCUT2D eigenvalue weighted by Gasteiger charge is 2.48. The van der Waals surface area contributed by atoms with Gasteiger partial charge in [0.2, 0.25) is 0 Å². The second kappa shape index (κ2) is 5.22. The summed E-state index contributed by atoms with van der Waals surface area (Å²) in [7, 11) is 0. The number of hydrogen-bond acceptors (Lipinski definition) is 3. The van der Waals surface area contributed by atoms with Gasteiger partial charge in [-0.3, -0.25) is 0 Å². The zero-order chi connectivity index (χ0) is 14.0. The summed E-state index contributed by atoms with van der Waals surface area (Å²) < 4.78 is 5.74. The van der Waals surface area contributed by atoms with E-state index < -0.39 is 0 Å². The van der Waals surface area contributed by atoms with Gasteiger partial charge in [-0.1, -0.05) is 19.9 Å². The lowest BCUT2D eigenvalue weighted by molar-refractivity contribution is -0.0976. The number of ether oxygens (including phenoxy) is 1. The first kappa shape index (κ1) is 13.9. The number of hydrogen-bond donors (Lipinski definition) is 1. The zero-order valence-electron chi connectivity index (χ0n) is 12.2. The summed E-state index contributed by atoms with van der Waals surface area (Å²) in [5.41, 5.74) is 3.07. The quantitative estimate of drug-likeness (QED) is 0.899. The van der Waals surface area contributed by atoms with Crippen molar-refractivity contribution in [3.8, 4) is 6.07 Å². The molecular weight excluding hydrogens is 236 g/mol. The normalized spacial score (nSPS) is 24.4. The van der Waals surface area contributed by atoms with Gasteiger partial charge in [0.1, 0.15) is 0 Å². The predicted molar refractivity (Wildman–Crippen MR) is 77.1 cm³/mol. The Morgan fingerprint density at radius 2 is 2.21 bits per heavy atom. The molecule has 0 spiro atoms. The second-order valence-electron chi connectivity index (χ2n) is 5.84. The molecule has 1 aliphatic carbocycles. The highest BCUT2D eigenvalue weighted by molar-refractivity contribution is 5.56. The summed E-state index contributed by atoms with van der Waals surface area (Å²) in [6, 6.07) is 8.37. The molecule has 2 unspecified atom stereocenters. The van der Waals surface area contributed by atoms with Crippen LogP contribution in [0.4, 0.5) is 5.69 Å². The van der Waals surface area contributed by atoms with Gasteiger partial charge < -0.3 is 10.1 Å². The fraction of sp³-hybridized carbons (Fsp3) is 0.562. The molecule has 3 nitrogen and oxygen atoms in total. The fourth-order valence-electron chi connectivity index (χ4n) is 2.65. The van der Waals surface area contributed by atoms with Crippen LogP contribution in [-0.2, 0) is 4.74 Å². The van der Waals surface area contributed by atoms with E-state index in [9.17, 15) is 0 Å². The maximum absolute atomic E-state index is 8.98. The molecule has 1 saturated carbocycles. The lowest BCUT2D eigenvalue weighted by Gasteiger charge is -2.52. The van der Waals surface area contributed by atoms with Gasteiger partial charge in [0.25, 0.3) is 0 Å². The number of nitriles is 1. The molecule has 1 aromatic rings. The highest BCUT2D eigenvalue weighted by Crippen LogP contribution is 2.44. The van der Waals surface area contributed by atoms with Crippen molar-refractivity contribution >= 4 is 5.69 Å². The summed E-state index contributed by atoms with van der Waals surface area (Å²) in [4.78, 5) is 0. The van der Waals surface area contributed by atoms with E-state index in [4.69, 9.17) is 10.00 Å². The van der Waals surface area contributed by atoms with Gasteiger partial charge in [-0.15, -0.1) is 0 Å². The average Bonchev–Trinajstić information content (AvgIpc) is 2.39. The van der Waals surface area contributed by atoms with Crippen molar-refractivity contribution in [2.24, 2.45) is 5.41 Å². The Morgan fingerprint density at radius 1 is 1.47 bits per heavy atom. The minimum Gasteiger partial charge on any atom is -0.381 e. The molecule has 19 heavy (non-hydrogen) atoms. The van der Waals surface area contributed by atoms with E-state index in [1.807, 2.05) is 25.1 Å². The molecule has 0 saturated heterocycles. The molecule has 2 rings (SSSR count). The molecule has 0 radical (unpaired) electrons. The Kier molecular flexibility index (Phi) is 3.82. The Bertz CT molecular complexity index is 502. The standard InChI is InChI=1S/C16H22N2O/c1-5-19-15-9-14(16(15,3)4)18-13-8-12(10-17)7-6-11(13)2/h6-8,14-15,18H,5,9H2,1-4H3. The lowest BCUT2D eigenvalue weighted by atomic mass is 9.64. The molecule has 1 fully saturated rings. The minimum absolute atomic E-state index is 0.130. The largest absolute Gasteiger partial charge is 0.381 e. The molecule has 0 amide bonds. The van der Waals surface area contributed by atoms with Gasteiger partial charge in [0.15, 0.2) is 0 Å². The van der Waals surface area contributed by atoms with Crippen LogP contribution in [0.3, 0.4) is 0 Å². The maximum Gasteiger partial charge on any atom is 0.0992 e. The molecule has 0 bridgehead atoms. The monoisotopic (exact) mass is 258 g/mol. The summed E-state index contributed by atoms with van der Waals surface area (Å²) in [5.74, 6) is 0. The Labute approximate surface area is 115 Å². The predicted octanol–water partition coefficient (Wildman–Crippen LogP) is 3.48. The molecule has 0 aliphatic heterocycles. The van der Waals surface area contributed by atoms with Crippen molar-refractivity contribution in [3.05, 3.63) is 29.3 Å². The number of rotatable bonds is 4. The molecule has 1 aliphatic rings. The van der Waals surface area contributed by atoms with E-state index >= 15 is 0 Å². The fourth-order valence-corrected chi connectivity index (χ4v) is 2.65. The first-order valence-electron chi connectivity index (χ1n) is 6.88. The van der Waals surface area contributed by atoms with Crippen molar-refractivity contribution in [1.29, 1.82) is 5.26 Å². The topological polar surface area (TPSA) is 45.0 Å². The van der Waals surface area contributed by atoms with Gasteiger partial charge >= 0.3 is 0 Å². The van der Waals surface area contributed by atoms with Crippen LogP contribution in [0.15, 0.2) is 18.2 Å². The first-order chi connectivity index (χ1) is 8.98. The summed E-state index contributed by atoms with van der Waals surface area (Å²) in [6.07, 6.45) is 1.35. The average molecular weight is 258 g/mol. The Morgan fingerprint density at radius 3 is 2.79 bits per heavy atom. The summed E-state index contributed by atoms with van der Waals surface area (Å²) in [6.45, 7) is 9.34. The van der Waals surface area contributed by atoms with Crippen LogP contribution in [0.2, 0.25) is 0 Å². The first-order valence-corrected chi connectivity index (χ1v) is 6.88. The van der Waals surface area contributed by atoms with Gasteiger partial charge in [0.05, 0.1) is 17.7 Å². The lowest BCUT2D eigenvalue weighted by Crippen LogP contribution is -2.58. The van der Waals surface area contributed by atoms with Crippen LogP contribution in [0.25, 0.3) is 0 Å². The SMILES string of the molecule is CCOC1CC(Nc2cc(C#N)ccc2C)C1(C)C. The van der Waals surface area contributed by atoms with Crippen molar-refractivity contribution in [2.75, 3.05) is 11.9 Å². The van der Waals surface area contributed by atoms with Gasteiger partial charge in [-0.25, -0.2) is 0 Å². The van der Waals surface area contributed by atoms with Gasteiger partial charge in [-0.05, 0) is 38.0 Å². The van der Waals surface area contributed by atoms with E-state index in [1.165, 1.54) is 5.56 Å². The molecule has 102 valence electrons. The van der Waals surface area contributed by atoms with Crippen LogP contribution in [0.5, 0.6) is 0 Å². The number of anilines is 1. The number of aryl methyl sites for hydroxylation is 1. The second-order valence-corrected chi connectivity index (χ2v) is 5.84. The Balaban J connectivity index is 2.09. The van der Waals surface area contributed by atoms with E-state index in [2.05, 4.69) is 32.2 Å². The van der Waals surface area contributed by atoms with Crippen LogP contribution < -0.4 is 5.32 Å². The highest BCUT2D eigenvalue weighted by atomic mass is 16.5. The molecule has 3 heteroatoms. The van der Waals surface area contributed by atoms with Crippen molar-refractivity contribution < 1.29 is 4.74 Å². The summed E-state index contributed by atoms with van der Waals surface area (Å²) in [5, 5.41) is 12.5. The molecule has 1 N–H and O–H groups in total. The number of nitrogens with zero attached hydrogens (tertiary/aromatic N) is 1. The van der Waals surface area contributed by atoms with Crippen LogP contribution in [0.1, 0.15) is 38.3 Å². The molecule has 1 aromatic carbocycles. The third kappa shape index (κ3) is 2.59. The molecule has 0 aromatic heterocycles. The number of benzene rings is 1. The third-order valence-electron chi connectivity index (χ3n) is 4.24. The van der Waals surface area contributed by atoms with Crippen molar-refractivity contribution in [3.63, 3.8) is 0 Å². The zero-order valence-corrected chi connectivity index (χ0v) is 12.2. The van der Waals surface area contributed by atoms with Crippen molar-refractivity contribution in [2.45, 2.75) is 46.3 Å². The third-order valence-corrected chi connectivity index (χ3v) is 4.24. The molecule has 2 atom stereocenters. The van der Waals surface area contributed by atoms with E-state index in [0.717, 1.165) is 18.7 Å². The van der Waals surface area contributed by atoms with E-state index in [0.29, 0.717) is 17.7 Å².